The van der Waals surface area contributed by atoms with E-state index in [0.29, 0.717) is 22.9 Å². The molecular weight excluding hydrogens is 328 g/mol. The molecule has 2 aromatic rings. The highest BCUT2D eigenvalue weighted by molar-refractivity contribution is 6.32. The fraction of sp³-hybridized carbons (Fsp3) is 0.412. The van der Waals surface area contributed by atoms with E-state index in [9.17, 15) is 4.79 Å². The average molecular weight is 351 g/mol. The van der Waals surface area contributed by atoms with Gasteiger partial charge in [-0.05, 0) is 39.3 Å². The Bertz CT molecular complexity index is 700. The number of hydrogen-bond acceptors (Lipinski definition) is 3. The van der Waals surface area contributed by atoms with Crippen molar-refractivity contribution in [2.75, 3.05) is 5.32 Å². The minimum Gasteiger partial charge on any atom is -0.487 e. The van der Waals surface area contributed by atoms with Gasteiger partial charge in [0.15, 0.2) is 5.75 Å². The summed E-state index contributed by atoms with van der Waals surface area (Å²) in [5.41, 5.74) is 1.48. The van der Waals surface area contributed by atoms with Crippen molar-refractivity contribution in [1.82, 2.24) is 15.3 Å². The van der Waals surface area contributed by atoms with Crippen LogP contribution in [0.25, 0.3) is 0 Å². The van der Waals surface area contributed by atoms with Gasteiger partial charge in [0.05, 0.1) is 22.9 Å². The number of halogens is 1. The number of rotatable bonds is 6. The van der Waals surface area contributed by atoms with Crippen LogP contribution in [0.1, 0.15) is 44.8 Å². The molecule has 24 heavy (non-hydrogen) atoms. The van der Waals surface area contributed by atoms with Gasteiger partial charge in [-0.3, -0.25) is 0 Å². The molecule has 6 nitrogen and oxygen atoms in total. The standard InChI is InChI=1S/C17H23ClN4O2/c1-5-13(16-19-9-11(4)20-16)21-17(23)22-14-8-6-7-12(18)15(14)24-10(2)3/h6-10,13H,5H2,1-4H3,(H,19,20)(H2,21,22,23)/t13-/m1/s1. The molecule has 0 spiro atoms. The second-order valence-corrected chi connectivity index (χ2v) is 6.20. The molecule has 1 aromatic heterocycles. The molecule has 130 valence electrons. The normalized spacial score (nSPS) is 12.1. The molecule has 0 saturated carbocycles. The smallest absolute Gasteiger partial charge is 0.319 e. The predicted molar refractivity (Wildman–Crippen MR) is 95.7 cm³/mol. The number of anilines is 1. The Kier molecular flexibility index (Phi) is 6.09. The topological polar surface area (TPSA) is 79.0 Å². The number of para-hydroxylation sites is 1. The Hall–Kier alpha value is -2.21. The number of carbonyl (C=O) groups excluding carboxylic acids is 1. The van der Waals surface area contributed by atoms with E-state index in [2.05, 4.69) is 20.6 Å². The summed E-state index contributed by atoms with van der Waals surface area (Å²) in [5, 5.41) is 6.15. The Morgan fingerprint density at radius 2 is 2.17 bits per heavy atom. The quantitative estimate of drug-likeness (QED) is 0.721. The number of aromatic nitrogens is 2. The summed E-state index contributed by atoms with van der Waals surface area (Å²) >= 11 is 6.18. The first-order valence-corrected chi connectivity index (χ1v) is 8.32. The van der Waals surface area contributed by atoms with Crippen LogP contribution in [-0.4, -0.2) is 22.1 Å². The van der Waals surface area contributed by atoms with E-state index >= 15 is 0 Å². The number of urea groups is 1. The van der Waals surface area contributed by atoms with E-state index < -0.39 is 0 Å². The fourth-order valence-corrected chi connectivity index (χ4v) is 2.47. The van der Waals surface area contributed by atoms with E-state index in [-0.39, 0.29) is 18.2 Å². The number of imidazole rings is 1. The van der Waals surface area contributed by atoms with Gasteiger partial charge in [0, 0.05) is 11.9 Å². The summed E-state index contributed by atoms with van der Waals surface area (Å²) in [6.45, 7) is 7.71. The van der Waals surface area contributed by atoms with Crippen LogP contribution in [0.4, 0.5) is 10.5 Å². The van der Waals surface area contributed by atoms with E-state index in [0.717, 1.165) is 11.5 Å². The van der Waals surface area contributed by atoms with Gasteiger partial charge in [-0.2, -0.15) is 0 Å². The Balaban J connectivity index is 2.10. The number of H-pyrrole nitrogens is 1. The zero-order valence-electron chi connectivity index (χ0n) is 14.3. The SMILES string of the molecule is CC[C@@H](NC(=O)Nc1cccc(Cl)c1OC(C)C)c1ncc(C)[nH]1. The Morgan fingerprint density at radius 1 is 1.42 bits per heavy atom. The molecule has 0 aliphatic carbocycles. The first-order valence-electron chi connectivity index (χ1n) is 7.94. The van der Waals surface area contributed by atoms with Crippen molar-refractivity contribution in [3.8, 4) is 5.75 Å². The number of ether oxygens (including phenoxy) is 1. The maximum absolute atomic E-state index is 12.3. The van der Waals surface area contributed by atoms with Crippen LogP contribution in [-0.2, 0) is 0 Å². The molecule has 0 aliphatic rings. The third-order valence-corrected chi connectivity index (χ3v) is 3.63. The van der Waals surface area contributed by atoms with Gasteiger partial charge in [-0.1, -0.05) is 24.6 Å². The van der Waals surface area contributed by atoms with Crippen molar-refractivity contribution in [3.63, 3.8) is 0 Å². The van der Waals surface area contributed by atoms with Crippen LogP contribution in [0.2, 0.25) is 5.02 Å². The Morgan fingerprint density at radius 3 is 2.75 bits per heavy atom. The van der Waals surface area contributed by atoms with Gasteiger partial charge in [0.1, 0.15) is 5.82 Å². The molecule has 1 heterocycles. The number of aromatic amines is 1. The highest BCUT2D eigenvalue weighted by Gasteiger charge is 2.17. The van der Waals surface area contributed by atoms with Crippen molar-refractivity contribution in [2.24, 2.45) is 0 Å². The molecule has 0 radical (unpaired) electrons. The molecule has 7 heteroatoms. The third-order valence-electron chi connectivity index (χ3n) is 3.33. The summed E-state index contributed by atoms with van der Waals surface area (Å²) in [7, 11) is 0. The van der Waals surface area contributed by atoms with Gasteiger partial charge < -0.3 is 20.4 Å². The van der Waals surface area contributed by atoms with Crippen molar-refractivity contribution in [3.05, 3.63) is 40.9 Å². The van der Waals surface area contributed by atoms with E-state index in [1.807, 2.05) is 27.7 Å². The van der Waals surface area contributed by atoms with Gasteiger partial charge in [0.2, 0.25) is 0 Å². The maximum atomic E-state index is 12.3. The minimum absolute atomic E-state index is 0.0528. The van der Waals surface area contributed by atoms with Crippen molar-refractivity contribution in [2.45, 2.75) is 46.3 Å². The monoisotopic (exact) mass is 350 g/mol. The Labute approximate surface area is 147 Å². The minimum atomic E-state index is -0.341. The lowest BCUT2D eigenvalue weighted by molar-refractivity contribution is 0.240. The summed E-state index contributed by atoms with van der Waals surface area (Å²) in [6, 6.07) is 4.70. The number of benzene rings is 1. The van der Waals surface area contributed by atoms with Crippen molar-refractivity contribution in [1.29, 1.82) is 0 Å². The molecule has 3 N–H and O–H groups in total. The summed E-state index contributed by atoms with van der Waals surface area (Å²) in [6.07, 6.45) is 2.40. The predicted octanol–water partition coefficient (Wildman–Crippen LogP) is 4.43. The molecule has 0 fully saturated rings. The summed E-state index contributed by atoms with van der Waals surface area (Å²) < 4.78 is 5.70. The lowest BCUT2D eigenvalue weighted by Gasteiger charge is -2.18. The molecule has 2 rings (SSSR count). The number of carbonyl (C=O) groups is 1. The number of hydrogen-bond donors (Lipinski definition) is 3. The van der Waals surface area contributed by atoms with Crippen LogP contribution < -0.4 is 15.4 Å². The van der Waals surface area contributed by atoms with Crippen LogP contribution in [0.3, 0.4) is 0 Å². The molecule has 0 aliphatic heterocycles. The third kappa shape index (κ3) is 4.64. The van der Waals surface area contributed by atoms with Gasteiger partial charge in [-0.25, -0.2) is 9.78 Å². The second kappa shape index (κ2) is 8.06. The van der Waals surface area contributed by atoms with Gasteiger partial charge in [0.25, 0.3) is 0 Å². The molecule has 2 amide bonds. The van der Waals surface area contributed by atoms with E-state index in [4.69, 9.17) is 16.3 Å². The highest BCUT2D eigenvalue weighted by Crippen LogP contribution is 2.33. The number of amides is 2. The molecule has 0 saturated heterocycles. The highest BCUT2D eigenvalue weighted by atomic mass is 35.5. The summed E-state index contributed by atoms with van der Waals surface area (Å²) in [4.78, 5) is 19.8. The largest absolute Gasteiger partial charge is 0.487 e. The number of aryl methyl sites for hydroxylation is 1. The first-order chi connectivity index (χ1) is 11.4. The fourth-order valence-electron chi connectivity index (χ4n) is 2.25. The lowest BCUT2D eigenvalue weighted by Crippen LogP contribution is -2.33. The molecule has 0 bridgehead atoms. The first kappa shape index (κ1) is 18.1. The summed E-state index contributed by atoms with van der Waals surface area (Å²) in [5.74, 6) is 1.20. The maximum Gasteiger partial charge on any atom is 0.319 e. The van der Waals surface area contributed by atoms with Crippen molar-refractivity contribution < 1.29 is 9.53 Å². The van der Waals surface area contributed by atoms with Gasteiger partial charge >= 0.3 is 6.03 Å². The lowest BCUT2D eigenvalue weighted by atomic mass is 10.2. The zero-order chi connectivity index (χ0) is 17.7. The van der Waals surface area contributed by atoms with Crippen LogP contribution in [0, 0.1) is 6.92 Å². The molecule has 1 aromatic carbocycles. The van der Waals surface area contributed by atoms with E-state index in [1.54, 1.807) is 24.4 Å². The molecule has 0 unspecified atom stereocenters. The van der Waals surface area contributed by atoms with E-state index in [1.165, 1.54) is 0 Å². The molecule has 1 atom stereocenters. The number of nitrogens with one attached hydrogen (secondary N) is 3. The second-order valence-electron chi connectivity index (χ2n) is 5.79. The van der Waals surface area contributed by atoms with Crippen LogP contribution in [0.15, 0.2) is 24.4 Å². The van der Waals surface area contributed by atoms with Crippen molar-refractivity contribution >= 4 is 23.3 Å². The number of nitrogens with zero attached hydrogens (tertiary/aromatic N) is 1. The van der Waals surface area contributed by atoms with Crippen LogP contribution in [0.5, 0.6) is 5.75 Å². The molecular formula is C17H23ClN4O2. The zero-order valence-corrected chi connectivity index (χ0v) is 15.1. The van der Waals surface area contributed by atoms with Crippen LogP contribution >= 0.6 is 11.6 Å². The average Bonchev–Trinajstić information content (AvgIpc) is 2.94. The van der Waals surface area contributed by atoms with Gasteiger partial charge in [-0.15, -0.1) is 0 Å².